The van der Waals surface area contributed by atoms with E-state index in [2.05, 4.69) is 50.7 Å². The van der Waals surface area contributed by atoms with Crippen LogP contribution in [0, 0.1) is 0 Å². The molecule has 130 valence electrons. The van der Waals surface area contributed by atoms with Crippen molar-refractivity contribution in [1.29, 1.82) is 0 Å². The van der Waals surface area contributed by atoms with Crippen LogP contribution in [0.25, 0.3) is 33.2 Å². The van der Waals surface area contributed by atoms with Crippen LogP contribution in [0.1, 0.15) is 0 Å². The first-order valence-electron chi connectivity index (χ1n) is 8.12. The SMILES string of the molecule is CNC=O.Cn1cc(-c2ccc(-c3cncc4ncccc34)cc2)cn1. The Morgan fingerprint density at radius 2 is 1.73 bits per heavy atom. The number of carbonyl (C=O) groups excluding carboxylic acids is 1. The summed E-state index contributed by atoms with van der Waals surface area (Å²) in [6.07, 6.45) is 9.99. The first kappa shape index (κ1) is 17.3. The second-order valence-electron chi connectivity index (χ2n) is 5.64. The van der Waals surface area contributed by atoms with E-state index >= 15 is 0 Å². The van der Waals surface area contributed by atoms with Crippen molar-refractivity contribution < 1.29 is 4.79 Å². The molecule has 0 saturated heterocycles. The second kappa shape index (κ2) is 8.02. The molecule has 0 aliphatic heterocycles. The van der Waals surface area contributed by atoms with Crippen molar-refractivity contribution in [2.45, 2.75) is 0 Å². The lowest BCUT2D eigenvalue weighted by atomic mass is 10.0. The third kappa shape index (κ3) is 3.75. The quantitative estimate of drug-likeness (QED) is 0.579. The summed E-state index contributed by atoms with van der Waals surface area (Å²) in [5.41, 5.74) is 5.42. The lowest BCUT2D eigenvalue weighted by Crippen LogP contribution is -1.98. The summed E-state index contributed by atoms with van der Waals surface area (Å²) in [5.74, 6) is 0. The van der Waals surface area contributed by atoms with E-state index in [1.165, 1.54) is 0 Å². The zero-order chi connectivity index (χ0) is 18.4. The standard InChI is InChI=1S/C18H14N4.C2H5NO/c1-22-12-15(9-21-22)13-4-6-14(7-5-13)17-10-19-11-18-16(17)3-2-8-20-18;1-3-2-4/h2-12H,1H3;2H,1H3,(H,3,4). The average Bonchev–Trinajstić information content (AvgIpc) is 3.14. The fourth-order valence-corrected chi connectivity index (χ4v) is 2.64. The van der Waals surface area contributed by atoms with Crippen molar-refractivity contribution in [3.8, 4) is 22.3 Å². The molecule has 6 nitrogen and oxygen atoms in total. The smallest absolute Gasteiger partial charge is 0.206 e. The van der Waals surface area contributed by atoms with Gasteiger partial charge in [-0.05, 0) is 17.2 Å². The molecule has 0 spiro atoms. The van der Waals surface area contributed by atoms with Crippen LogP contribution in [0.5, 0.6) is 0 Å². The highest BCUT2D eigenvalue weighted by Gasteiger charge is 2.06. The molecule has 0 aliphatic rings. The van der Waals surface area contributed by atoms with Gasteiger partial charge in [0.25, 0.3) is 0 Å². The number of benzene rings is 1. The first-order chi connectivity index (χ1) is 12.7. The Labute approximate surface area is 151 Å². The molecule has 26 heavy (non-hydrogen) atoms. The number of pyridine rings is 2. The van der Waals surface area contributed by atoms with Crippen molar-refractivity contribution in [2.24, 2.45) is 7.05 Å². The number of carbonyl (C=O) groups is 1. The highest BCUT2D eigenvalue weighted by atomic mass is 16.1. The van der Waals surface area contributed by atoms with Crippen LogP contribution in [0.3, 0.4) is 0 Å². The van der Waals surface area contributed by atoms with Gasteiger partial charge >= 0.3 is 0 Å². The van der Waals surface area contributed by atoms with Gasteiger partial charge in [0.2, 0.25) is 6.41 Å². The van der Waals surface area contributed by atoms with E-state index < -0.39 is 0 Å². The van der Waals surface area contributed by atoms with Crippen LogP contribution in [-0.2, 0) is 11.8 Å². The number of fused-ring (bicyclic) bond motifs is 1. The number of hydrogen-bond donors (Lipinski definition) is 1. The zero-order valence-corrected chi connectivity index (χ0v) is 14.6. The summed E-state index contributed by atoms with van der Waals surface area (Å²) >= 11 is 0. The minimum absolute atomic E-state index is 0.625. The van der Waals surface area contributed by atoms with Crippen LogP contribution in [0.15, 0.2) is 67.4 Å². The van der Waals surface area contributed by atoms with E-state index in [-0.39, 0.29) is 0 Å². The van der Waals surface area contributed by atoms with Crippen molar-refractivity contribution in [3.05, 3.63) is 67.4 Å². The van der Waals surface area contributed by atoms with Gasteiger partial charge in [-0.2, -0.15) is 5.10 Å². The predicted octanol–water partition coefficient (Wildman–Crippen LogP) is 3.06. The third-order valence-electron chi connectivity index (χ3n) is 3.88. The van der Waals surface area contributed by atoms with Gasteiger partial charge in [-0.25, -0.2) is 0 Å². The Balaban J connectivity index is 0.000000447. The Morgan fingerprint density at radius 1 is 1.00 bits per heavy atom. The van der Waals surface area contributed by atoms with Crippen molar-refractivity contribution in [2.75, 3.05) is 7.05 Å². The Hall–Kier alpha value is -3.54. The molecule has 1 aromatic carbocycles. The summed E-state index contributed by atoms with van der Waals surface area (Å²) in [5, 5.41) is 7.58. The molecule has 0 bridgehead atoms. The van der Waals surface area contributed by atoms with Gasteiger partial charge in [-0.15, -0.1) is 0 Å². The highest BCUT2D eigenvalue weighted by Crippen LogP contribution is 2.28. The van der Waals surface area contributed by atoms with Crippen molar-refractivity contribution >= 4 is 17.3 Å². The normalized spacial score (nSPS) is 10.1. The predicted molar refractivity (Wildman–Crippen MR) is 102 cm³/mol. The Kier molecular flexibility index (Phi) is 5.34. The fraction of sp³-hybridized carbons (Fsp3) is 0.100. The molecule has 6 heteroatoms. The average molecular weight is 345 g/mol. The number of nitrogens with zero attached hydrogens (tertiary/aromatic N) is 4. The molecule has 0 unspecified atom stereocenters. The zero-order valence-electron chi connectivity index (χ0n) is 14.6. The minimum atomic E-state index is 0.625. The van der Waals surface area contributed by atoms with Crippen LogP contribution in [-0.4, -0.2) is 33.2 Å². The fourth-order valence-electron chi connectivity index (χ4n) is 2.64. The van der Waals surface area contributed by atoms with Crippen molar-refractivity contribution in [3.63, 3.8) is 0 Å². The molecular formula is C20H19N5O. The monoisotopic (exact) mass is 345 g/mol. The van der Waals surface area contributed by atoms with Gasteiger partial charge in [-0.1, -0.05) is 30.3 Å². The third-order valence-corrected chi connectivity index (χ3v) is 3.88. The molecule has 0 saturated carbocycles. The first-order valence-corrected chi connectivity index (χ1v) is 8.12. The second-order valence-corrected chi connectivity index (χ2v) is 5.64. The maximum atomic E-state index is 9.06. The van der Waals surface area contributed by atoms with Gasteiger partial charge < -0.3 is 5.32 Å². The Morgan fingerprint density at radius 3 is 2.38 bits per heavy atom. The number of hydrogen-bond acceptors (Lipinski definition) is 4. The summed E-state index contributed by atoms with van der Waals surface area (Å²) in [6, 6.07) is 12.5. The van der Waals surface area contributed by atoms with Crippen LogP contribution in [0.2, 0.25) is 0 Å². The van der Waals surface area contributed by atoms with Crippen molar-refractivity contribution in [1.82, 2.24) is 25.1 Å². The molecule has 3 aromatic heterocycles. The van der Waals surface area contributed by atoms with Gasteiger partial charge in [-0.3, -0.25) is 19.4 Å². The molecule has 0 aliphatic carbocycles. The van der Waals surface area contributed by atoms with Gasteiger partial charge in [0.1, 0.15) is 0 Å². The maximum Gasteiger partial charge on any atom is 0.206 e. The Bertz CT molecular complexity index is 1000. The van der Waals surface area contributed by atoms with E-state index in [4.69, 9.17) is 4.79 Å². The molecule has 1 amide bonds. The molecule has 0 atom stereocenters. The molecule has 3 heterocycles. The molecule has 4 aromatic rings. The maximum absolute atomic E-state index is 9.06. The number of amides is 1. The lowest BCUT2D eigenvalue weighted by molar-refractivity contribution is -0.109. The van der Waals surface area contributed by atoms with E-state index in [1.807, 2.05) is 36.4 Å². The van der Waals surface area contributed by atoms with E-state index in [0.29, 0.717) is 6.41 Å². The van der Waals surface area contributed by atoms with Gasteiger partial charge in [0.15, 0.2) is 0 Å². The largest absolute Gasteiger partial charge is 0.362 e. The topological polar surface area (TPSA) is 72.7 Å². The van der Waals surface area contributed by atoms with Crippen LogP contribution >= 0.6 is 0 Å². The summed E-state index contributed by atoms with van der Waals surface area (Å²) < 4.78 is 1.81. The van der Waals surface area contributed by atoms with Crippen LogP contribution in [0.4, 0.5) is 0 Å². The molecule has 0 radical (unpaired) electrons. The number of nitrogens with one attached hydrogen (secondary N) is 1. The van der Waals surface area contributed by atoms with E-state index in [9.17, 15) is 0 Å². The lowest BCUT2D eigenvalue weighted by Gasteiger charge is -2.06. The van der Waals surface area contributed by atoms with Gasteiger partial charge in [0, 0.05) is 49.2 Å². The number of aromatic nitrogens is 4. The van der Waals surface area contributed by atoms with Crippen LogP contribution < -0.4 is 5.32 Å². The molecule has 0 fully saturated rings. The number of rotatable bonds is 3. The molecule has 4 rings (SSSR count). The number of aryl methyl sites for hydroxylation is 1. The minimum Gasteiger partial charge on any atom is -0.362 e. The van der Waals surface area contributed by atoms with Gasteiger partial charge in [0.05, 0.1) is 17.9 Å². The van der Waals surface area contributed by atoms with E-state index in [1.54, 1.807) is 19.4 Å². The molecular weight excluding hydrogens is 326 g/mol. The molecule has 1 N–H and O–H groups in total. The summed E-state index contributed by atoms with van der Waals surface area (Å²) in [4.78, 5) is 17.7. The van der Waals surface area contributed by atoms with E-state index in [0.717, 1.165) is 33.2 Å². The highest BCUT2D eigenvalue weighted by molar-refractivity contribution is 5.93. The summed E-state index contributed by atoms with van der Waals surface area (Å²) in [7, 11) is 3.49. The summed E-state index contributed by atoms with van der Waals surface area (Å²) in [6.45, 7) is 0.